The van der Waals surface area contributed by atoms with Gasteiger partial charge in [0, 0.05) is 0 Å². The van der Waals surface area contributed by atoms with Gasteiger partial charge in [-0.1, -0.05) is 62.6 Å². The van der Waals surface area contributed by atoms with Crippen LogP contribution in [0, 0.1) is 11.3 Å². The van der Waals surface area contributed by atoms with Gasteiger partial charge in [-0.3, -0.25) is 0 Å². The summed E-state index contributed by atoms with van der Waals surface area (Å²) in [4.78, 5) is 0. The summed E-state index contributed by atoms with van der Waals surface area (Å²) in [6.07, 6.45) is 8.59. The Labute approximate surface area is 134 Å². The number of unbranched alkanes of at least 4 members (excludes halogenated alkanes) is 3. The van der Waals surface area contributed by atoms with Crippen LogP contribution in [0.15, 0.2) is 48.5 Å². The fourth-order valence-corrected chi connectivity index (χ4v) is 2.66. The number of benzene rings is 2. The average Bonchev–Trinajstić information content (AvgIpc) is 2.58. The third-order valence-electron chi connectivity index (χ3n) is 4.13. The van der Waals surface area contributed by atoms with Crippen LogP contribution in [-0.4, -0.2) is 0 Å². The van der Waals surface area contributed by atoms with Gasteiger partial charge in [-0.25, -0.2) is 0 Å². The summed E-state index contributed by atoms with van der Waals surface area (Å²) in [7, 11) is 0. The third kappa shape index (κ3) is 5.37. The smallest absolute Gasteiger partial charge is 0.0991 e. The molecule has 0 aliphatic carbocycles. The molecule has 0 spiro atoms. The maximum Gasteiger partial charge on any atom is 0.0991 e. The molecular formula is C21H25N. The highest BCUT2D eigenvalue weighted by Gasteiger charge is 1.98. The predicted octanol–water partition coefficient (Wildman–Crippen LogP) is 5.47. The number of hydrogen-bond donors (Lipinski definition) is 0. The van der Waals surface area contributed by atoms with Gasteiger partial charge >= 0.3 is 0 Å². The van der Waals surface area contributed by atoms with E-state index in [4.69, 9.17) is 5.26 Å². The van der Waals surface area contributed by atoms with Crippen LogP contribution in [0.2, 0.25) is 0 Å². The van der Waals surface area contributed by atoms with Crippen LogP contribution >= 0.6 is 0 Å². The highest BCUT2D eigenvalue weighted by Crippen LogP contribution is 2.12. The normalized spacial score (nSPS) is 10.4. The van der Waals surface area contributed by atoms with E-state index in [-0.39, 0.29) is 0 Å². The summed E-state index contributed by atoms with van der Waals surface area (Å²) in [5.74, 6) is 0. The van der Waals surface area contributed by atoms with Crippen molar-refractivity contribution in [3.63, 3.8) is 0 Å². The van der Waals surface area contributed by atoms with Crippen molar-refractivity contribution in [3.8, 4) is 6.07 Å². The highest BCUT2D eigenvalue weighted by molar-refractivity contribution is 5.32. The van der Waals surface area contributed by atoms with Crippen LogP contribution in [0.1, 0.15) is 54.9 Å². The quantitative estimate of drug-likeness (QED) is 0.592. The zero-order valence-electron chi connectivity index (χ0n) is 13.5. The first-order valence-corrected chi connectivity index (χ1v) is 8.38. The average molecular weight is 291 g/mol. The lowest BCUT2D eigenvalue weighted by Gasteiger charge is -2.05. The molecule has 0 saturated heterocycles. The maximum absolute atomic E-state index is 8.80. The van der Waals surface area contributed by atoms with E-state index >= 15 is 0 Å². The molecule has 0 saturated carbocycles. The lowest BCUT2D eigenvalue weighted by molar-refractivity contribution is 0.667. The van der Waals surface area contributed by atoms with E-state index < -0.39 is 0 Å². The second kappa shape index (κ2) is 9.05. The summed E-state index contributed by atoms with van der Waals surface area (Å²) in [5, 5.41) is 8.80. The minimum Gasteiger partial charge on any atom is -0.192 e. The zero-order chi connectivity index (χ0) is 15.6. The fourth-order valence-electron chi connectivity index (χ4n) is 2.66. The maximum atomic E-state index is 8.80. The van der Waals surface area contributed by atoms with Gasteiger partial charge in [-0.15, -0.1) is 0 Å². The van der Waals surface area contributed by atoms with Crippen molar-refractivity contribution in [2.75, 3.05) is 0 Å². The molecule has 114 valence electrons. The van der Waals surface area contributed by atoms with E-state index in [2.05, 4.69) is 49.4 Å². The largest absolute Gasteiger partial charge is 0.192 e. The van der Waals surface area contributed by atoms with Gasteiger partial charge < -0.3 is 0 Å². The van der Waals surface area contributed by atoms with Crippen molar-refractivity contribution < 1.29 is 0 Å². The summed E-state index contributed by atoms with van der Waals surface area (Å²) in [6, 6.07) is 19.1. The molecule has 0 N–H and O–H groups in total. The highest BCUT2D eigenvalue weighted by atomic mass is 14.2. The summed E-state index contributed by atoms with van der Waals surface area (Å²) in [5.41, 5.74) is 4.87. The molecule has 0 aliphatic rings. The summed E-state index contributed by atoms with van der Waals surface area (Å²) < 4.78 is 0. The molecule has 0 heterocycles. The van der Waals surface area contributed by atoms with Crippen molar-refractivity contribution >= 4 is 0 Å². The van der Waals surface area contributed by atoms with Crippen molar-refractivity contribution in [2.45, 2.75) is 51.9 Å². The SMILES string of the molecule is CCCCCCc1ccc(CCc2ccc(C#N)cc2)cc1. The number of nitriles is 1. The zero-order valence-corrected chi connectivity index (χ0v) is 13.5. The molecule has 0 amide bonds. The molecule has 0 aliphatic heterocycles. The molecule has 0 fully saturated rings. The molecule has 0 unspecified atom stereocenters. The molecule has 22 heavy (non-hydrogen) atoms. The van der Waals surface area contributed by atoms with Crippen LogP contribution in [0.4, 0.5) is 0 Å². The third-order valence-corrected chi connectivity index (χ3v) is 4.13. The van der Waals surface area contributed by atoms with E-state index in [1.54, 1.807) is 0 Å². The van der Waals surface area contributed by atoms with Gasteiger partial charge in [0.2, 0.25) is 0 Å². The van der Waals surface area contributed by atoms with Crippen LogP contribution < -0.4 is 0 Å². The molecule has 0 atom stereocenters. The number of nitrogens with zero attached hydrogens (tertiary/aromatic N) is 1. The lowest BCUT2D eigenvalue weighted by atomic mass is 10.0. The van der Waals surface area contributed by atoms with E-state index in [0.29, 0.717) is 0 Å². The molecule has 0 radical (unpaired) electrons. The number of rotatable bonds is 8. The van der Waals surface area contributed by atoms with Crippen LogP contribution in [0.25, 0.3) is 0 Å². The monoisotopic (exact) mass is 291 g/mol. The van der Waals surface area contributed by atoms with Crippen molar-refractivity contribution in [3.05, 3.63) is 70.8 Å². The van der Waals surface area contributed by atoms with Gasteiger partial charge in [0.15, 0.2) is 0 Å². The molecule has 2 aromatic rings. The topological polar surface area (TPSA) is 23.8 Å². The minimum absolute atomic E-state index is 0.733. The molecular weight excluding hydrogens is 266 g/mol. The van der Waals surface area contributed by atoms with Crippen LogP contribution in [0.3, 0.4) is 0 Å². The predicted molar refractivity (Wildman–Crippen MR) is 92.9 cm³/mol. The second-order valence-electron chi connectivity index (χ2n) is 5.94. The Bertz CT molecular complexity index is 587. The Morgan fingerprint density at radius 3 is 1.68 bits per heavy atom. The first kappa shape index (κ1) is 16.3. The van der Waals surface area contributed by atoms with Crippen molar-refractivity contribution in [2.24, 2.45) is 0 Å². The Morgan fingerprint density at radius 1 is 0.682 bits per heavy atom. The van der Waals surface area contributed by atoms with Crippen molar-refractivity contribution in [1.82, 2.24) is 0 Å². The van der Waals surface area contributed by atoms with Gasteiger partial charge in [-0.05, 0) is 54.5 Å². The molecule has 1 heteroatoms. The van der Waals surface area contributed by atoms with Crippen LogP contribution in [-0.2, 0) is 19.3 Å². The molecule has 0 aromatic heterocycles. The van der Waals surface area contributed by atoms with E-state index in [1.165, 1.54) is 48.8 Å². The van der Waals surface area contributed by atoms with E-state index in [0.717, 1.165) is 18.4 Å². The van der Waals surface area contributed by atoms with E-state index in [1.807, 2.05) is 12.1 Å². The minimum atomic E-state index is 0.733. The van der Waals surface area contributed by atoms with Gasteiger partial charge in [0.1, 0.15) is 0 Å². The summed E-state index contributed by atoms with van der Waals surface area (Å²) >= 11 is 0. The Balaban J connectivity index is 1.79. The Kier molecular flexibility index (Phi) is 6.71. The first-order chi connectivity index (χ1) is 10.8. The first-order valence-electron chi connectivity index (χ1n) is 8.38. The fraction of sp³-hybridized carbons (Fsp3) is 0.381. The summed E-state index contributed by atoms with van der Waals surface area (Å²) in [6.45, 7) is 2.25. The molecule has 0 bridgehead atoms. The second-order valence-corrected chi connectivity index (χ2v) is 5.94. The Morgan fingerprint density at radius 2 is 1.18 bits per heavy atom. The van der Waals surface area contributed by atoms with Gasteiger partial charge in [0.05, 0.1) is 11.6 Å². The van der Waals surface area contributed by atoms with Crippen molar-refractivity contribution in [1.29, 1.82) is 5.26 Å². The molecule has 2 aromatic carbocycles. The number of aryl methyl sites for hydroxylation is 3. The standard InChI is InChI=1S/C21H25N/c1-2-3-4-5-6-18-7-9-19(10-8-18)11-12-20-13-15-21(17-22)16-14-20/h7-10,13-16H,2-6,11-12H2,1H3. The molecule has 2 rings (SSSR count). The van der Waals surface area contributed by atoms with Gasteiger partial charge in [-0.2, -0.15) is 5.26 Å². The van der Waals surface area contributed by atoms with E-state index in [9.17, 15) is 0 Å². The van der Waals surface area contributed by atoms with Crippen LogP contribution in [0.5, 0.6) is 0 Å². The number of hydrogen-bond acceptors (Lipinski definition) is 1. The lowest BCUT2D eigenvalue weighted by Crippen LogP contribution is -1.93. The Hall–Kier alpha value is -2.07. The van der Waals surface area contributed by atoms with Gasteiger partial charge in [0.25, 0.3) is 0 Å². The molecule has 1 nitrogen and oxygen atoms in total.